The first kappa shape index (κ1) is 10.3. The van der Waals surface area contributed by atoms with Crippen molar-refractivity contribution >= 4 is 5.95 Å². The van der Waals surface area contributed by atoms with E-state index in [2.05, 4.69) is 46.5 Å². The van der Waals surface area contributed by atoms with Crippen molar-refractivity contribution in [1.29, 1.82) is 0 Å². The van der Waals surface area contributed by atoms with Gasteiger partial charge in [0.2, 0.25) is 5.95 Å². The predicted octanol–water partition coefficient (Wildman–Crippen LogP) is 2.75. The van der Waals surface area contributed by atoms with Crippen molar-refractivity contribution in [3.8, 4) is 0 Å². The molecule has 0 amide bonds. The fraction of sp³-hybridized carbons (Fsp3) is 0.286. The largest absolute Gasteiger partial charge is 0.351 e. The Morgan fingerprint density at radius 1 is 1.12 bits per heavy atom. The molecule has 0 spiro atoms. The third kappa shape index (κ3) is 2.13. The van der Waals surface area contributed by atoms with E-state index in [1.807, 2.05) is 6.07 Å². The molecule has 0 saturated heterocycles. The minimum absolute atomic E-state index is 0.485. The van der Waals surface area contributed by atoms with Crippen LogP contribution < -0.4 is 5.32 Å². The van der Waals surface area contributed by atoms with E-state index in [1.165, 1.54) is 17.5 Å². The van der Waals surface area contributed by atoms with Crippen LogP contribution in [0.3, 0.4) is 0 Å². The number of nitrogens with one attached hydrogen (secondary N) is 1. The van der Waals surface area contributed by atoms with Crippen LogP contribution in [-0.4, -0.2) is 16.0 Å². The van der Waals surface area contributed by atoms with Crippen LogP contribution in [0.25, 0.3) is 0 Å². The summed E-state index contributed by atoms with van der Waals surface area (Å²) in [6.07, 6.45) is 4.70. The summed E-state index contributed by atoms with van der Waals surface area (Å²) in [7, 11) is 0. The summed E-state index contributed by atoms with van der Waals surface area (Å²) in [4.78, 5) is 8.37. The van der Waals surface area contributed by atoms with Crippen molar-refractivity contribution < 1.29 is 0 Å². The summed E-state index contributed by atoms with van der Waals surface area (Å²) in [5.74, 6) is 1.34. The molecule has 0 radical (unpaired) electrons. The Morgan fingerprint density at radius 2 is 1.88 bits per heavy atom. The van der Waals surface area contributed by atoms with Crippen LogP contribution in [0.15, 0.2) is 42.7 Å². The van der Waals surface area contributed by atoms with Gasteiger partial charge >= 0.3 is 0 Å². The zero-order chi connectivity index (χ0) is 11.7. The number of nitrogens with zero attached hydrogens (tertiary/aromatic N) is 2. The molecule has 1 aromatic carbocycles. The fourth-order valence-corrected chi connectivity index (χ4v) is 2.24. The van der Waals surface area contributed by atoms with Crippen LogP contribution in [0.5, 0.6) is 0 Å². The molecule has 3 rings (SSSR count). The van der Waals surface area contributed by atoms with Crippen molar-refractivity contribution in [3.05, 3.63) is 53.9 Å². The maximum atomic E-state index is 4.19. The topological polar surface area (TPSA) is 37.8 Å². The fourth-order valence-electron chi connectivity index (χ4n) is 2.24. The molecule has 1 N–H and O–H groups in total. The van der Waals surface area contributed by atoms with Gasteiger partial charge in [-0.05, 0) is 30.5 Å². The quantitative estimate of drug-likeness (QED) is 0.872. The lowest BCUT2D eigenvalue weighted by molar-refractivity contribution is 0.993. The molecular weight excluding hydrogens is 210 g/mol. The molecule has 17 heavy (non-hydrogen) atoms. The molecule has 0 aliphatic heterocycles. The van der Waals surface area contributed by atoms with Crippen LogP contribution in [0, 0.1) is 6.92 Å². The third-order valence-electron chi connectivity index (χ3n) is 3.26. The van der Waals surface area contributed by atoms with Gasteiger partial charge in [0.1, 0.15) is 0 Å². The monoisotopic (exact) mass is 225 g/mol. The van der Waals surface area contributed by atoms with E-state index < -0.39 is 0 Å². The van der Waals surface area contributed by atoms with Crippen LogP contribution in [0.4, 0.5) is 5.95 Å². The van der Waals surface area contributed by atoms with Gasteiger partial charge in [0.25, 0.3) is 0 Å². The highest BCUT2D eigenvalue weighted by Gasteiger charge is 2.39. The lowest BCUT2D eigenvalue weighted by Crippen LogP contribution is -2.07. The molecule has 1 fully saturated rings. The molecule has 1 aliphatic rings. The maximum Gasteiger partial charge on any atom is 0.222 e. The summed E-state index contributed by atoms with van der Waals surface area (Å²) < 4.78 is 0. The van der Waals surface area contributed by atoms with Gasteiger partial charge in [0.05, 0.1) is 0 Å². The van der Waals surface area contributed by atoms with Gasteiger partial charge in [-0.3, -0.25) is 0 Å². The Morgan fingerprint density at radius 3 is 2.65 bits per heavy atom. The third-order valence-corrected chi connectivity index (χ3v) is 3.26. The first-order chi connectivity index (χ1) is 8.34. The van der Waals surface area contributed by atoms with Crippen molar-refractivity contribution in [1.82, 2.24) is 9.97 Å². The molecular formula is C14H15N3. The molecule has 0 bridgehead atoms. The van der Waals surface area contributed by atoms with E-state index in [0.717, 1.165) is 5.95 Å². The van der Waals surface area contributed by atoms with Crippen molar-refractivity contribution in [2.75, 3.05) is 5.32 Å². The Labute approximate surface area is 101 Å². The first-order valence-corrected chi connectivity index (χ1v) is 5.93. The minimum atomic E-state index is 0.485. The van der Waals surface area contributed by atoms with E-state index >= 15 is 0 Å². The van der Waals surface area contributed by atoms with Crippen LogP contribution in [0.2, 0.25) is 0 Å². The summed E-state index contributed by atoms with van der Waals surface area (Å²) in [5.41, 5.74) is 2.82. The van der Waals surface area contributed by atoms with Gasteiger partial charge in [-0.1, -0.05) is 24.3 Å². The van der Waals surface area contributed by atoms with Gasteiger partial charge in [-0.2, -0.15) is 0 Å². The van der Waals surface area contributed by atoms with Gasteiger partial charge in [0, 0.05) is 24.4 Å². The average molecular weight is 225 g/mol. The summed E-state index contributed by atoms with van der Waals surface area (Å²) >= 11 is 0. The Hall–Kier alpha value is -1.90. The van der Waals surface area contributed by atoms with E-state index in [9.17, 15) is 0 Å². The highest BCUT2D eigenvalue weighted by molar-refractivity contribution is 5.40. The Bertz CT molecular complexity index is 510. The molecule has 3 heteroatoms. The Balaban J connectivity index is 1.70. The van der Waals surface area contributed by atoms with E-state index in [4.69, 9.17) is 0 Å². The second-order valence-electron chi connectivity index (χ2n) is 4.52. The second-order valence-corrected chi connectivity index (χ2v) is 4.52. The summed E-state index contributed by atoms with van der Waals surface area (Å²) in [6, 6.07) is 10.9. The zero-order valence-corrected chi connectivity index (χ0v) is 9.80. The lowest BCUT2D eigenvalue weighted by Gasteiger charge is -2.06. The van der Waals surface area contributed by atoms with Crippen LogP contribution >= 0.6 is 0 Å². The van der Waals surface area contributed by atoms with Crippen LogP contribution in [-0.2, 0) is 0 Å². The average Bonchev–Trinajstić information content (AvgIpc) is 3.10. The maximum absolute atomic E-state index is 4.19. The normalized spacial score (nSPS) is 22.2. The Kier molecular flexibility index (Phi) is 2.52. The predicted molar refractivity (Wildman–Crippen MR) is 68.0 cm³/mol. The van der Waals surface area contributed by atoms with E-state index in [0.29, 0.717) is 12.0 Å². The van der Waals surface area contributed by atoms with E-state index in [1.54, 1.807) is 12.4 Å². The molecule has 1 saturated carbocycles. The molecule has 0 unspecified atom stereocenters. The summed E-state index contributed by atoms with van der Waals surface area (Å²) in [5, 5.41) is 3.37. The molecule has 1 aromatic heterocycles. The molecule has 1 aliphatic carbocycles. The number of hydrogen-bond donors (Lipinski definition) is 1. The highest BCUT2D eigenvalue weighted by atomic mass is 15.1. The van der Waals surface area contributed by atoms with Crippen molar-refractivity contribution in [2.24, 2.45) is 0 Å². The number of hydrogen-bond acceptors (Lipinski definition) is 3. The first-order valence-electron chi connectivity index (χ1n) is 5.93. The highest BCUT2D eigenvalue weighted by Crippen LogP contribution is 2.43. The molecule has 86 valence electrons. The zero-order valence-electron chi connectivity index (χ0n) is 9.80. The number of rotatable bonds is 3. The molecule has 2 atom stereocenters. The van der Waals surface area contributed by atoms with E-state index in [-0.39, 0.29) is 0 Å². The molecule has 3 nitrogen and oxygen atoms in total. The number of aromatic nitrogens is 2. The molecule has 2 aromatic rings. The van der Waals surface area contributed by atoms with Gasteiger partial charge in [-0.25, -0.2) is 9.97 Å². The van der Waals surface area contributed by atoms with Gasteiger partial charge in [0.15, 0.2) is 0 Å². The number of anilines is 1. The number of aryl methyl sites for hydroxylation is 1. The molecule has 1 heterocycles. The standard InChI is InChI=1S/C14H15N3/c1-10-5-2-3-6-11(10)12-9-13(12)17-14-15-7-4-8-16-14/h2-8,12-13H,9H2,1H3,(H,15,16,17)/t12-,13+/m0/s1. The van der Waals surface area contributed by atoms with Crippen molar-refractivity contribution in [2.45, 2.75) is 25.3 Å². The summed E-state index contributed by atoms with van der Waals surface area (Å²) in [6.45, 7) is 2.17. The second kappa shape index (κ2) is 4.17. The van der Waals surface area contributed by atoms with Crippen molar-refractivity contribution in [3.63, 3.8) is 0 Å². The van der Waals surface area contributed by atoms with Gasteiger partial charge < -0.3 is 5.32 Å². The van der Waals surface area contributed by atoms with Gasteiger partial charge in [-0.15, -0.1) is 0 Å². The lowest BCUT2D eigenvalue weighted by atomic mass is 10.0. The van der Waals surface area contributed by atoms with Crippen LogP contribution in [0.1, 0.15) is 23.5 Å². The smallest absolute Gasteiger partial charge is 0.222 e. The SMILES string of the molecule is Cc1ccccc1[C@@H]1C[C@H]1Nc1ncccn1. The minimum Gasteiger partial charge on any atom is -0.351 e. The number of benzene rings is 1.